The van der Waals surface area contributed by atoms with Crippen LogP contribution in [0.25, 0.3) is 11.3 Å². The quantitative estimate of drug-likeness (QED) is 0.447. The number of aromatic nitrogens is 1. The number of sulfonamides is 1. The third-order valence-corrected chi connectivity index (χ3v) is 8.56. The van der Waals surface area contributed by atoms with Gasteiger partial charge in [0.15, 0.2) is 5.82 Å². The normalized spacial score (nSPS) is 19.3. The van der Waals surface area contributed by atoms with E-state index in [0.29, 0.717) is 34.3 Å². The summed E-state index contributed by atoms with van der Waals surface area (Å²) < 4.78 is 60.1. The summed E-state index contributed by atoms with van der Waals surface area (Å²) in [6.07, 6.45) is 0. The van der Waals surface area contributed by atoms with Gasteiger partial charge in [-0.1, -0.05) is 18.2 Å². The average Bonchev–Trinajstić information content (AvgIpc) is 2.86. The molecule has 2 aromatic carbocycles. The van der Waals surface area contributed by atoms with Gasteiger partial charge >= 0.3 is 0 Å². The topological polar surface area (TPSA) is 83.1 Å². The van der Waals surface area contributed by atoms with Gasteiger partial charge in [0.05, 0.1) is 29.4 Å². The Labute approximate surface area is 220 Å². The molecule has 2 aliphatic rings. The zero-order valence-electron chi connectivity index (χ0n) is 21.4. The predicted octanol–water partition coefficient (Wildman–Crippen LogP) is 4.76. The first-order valence-electron chi connectivity index (χ1n) is 12.2. The lowest BCUT2D eigenvalue weighted by molar-refractivity contribution is -0.119. The van der Waals surface area contributed by atoms with Crippen LogP contribution in [-0.4, -0.2) is 61.8 Å². The minimum Gasteiger partial charge on any atom is -0.457 e. The number of fused-ring (bicyclic) bond motifs is 1. The van der Waals surface area contributed by atoms with E-state index >= 15 is 0 Å². The van der Waals surface area contributed by atoms with Gasteiger partial charge < -0.3 is 14.5 Å². The highest BCUT2D eigenvalue weighted by atomic mass is 32.2. The van der Waals surface area contributed by atoms with E-state index in [-0.39, 0.29) is 16.8 Å². The average molecular weight is 543 g/mol. The van der Waals surface area contributed by atoms with Crippen molar-refractivity contribution in [2.75, 3.05) is 29.9 Å². The fourth-order valence-electron chi connectivity index (χ4n) is 4.80. The van der Waals surface area contributed by atoms with Gasteiger partial charge in [0.2, 0.25) is 15.9 Å². The van der Waals surface area contributed by atoms with Gasteiger partial charge in [-0.2, -0.15) is 4.31 Å². The van der Waals surface area contributed by atoms with Crippen LogP contribution in [0.4, 0.5) is 20.3 Å². The molecule has 11 heteroatoms. The highest BCUT2D eigenvalue weighted by molar-refractivity contribution is 7.89. The Morgan fingerprint density at radius 3 is 2.37 bits per heavy atom. The molecule has 1 saturated heterocycles. The van der Waals surface area contributed by atoms with Crippen LogP contribution >= 0.6 is 0 Å². The largest absolute Gasteiger partial charge is 0.457 e. The van der Waals surface area contributed by atoms with E-state index in [4.69, 9.17) is 9.72 Å². The Morgan fingerprint density at radius 1 is 1.05 bits per heavy atom. The van der Waals surface area contributed by atoms with Crippen molar-refractivity contribution in [2.45, 2.75) is 43.7 Å². The molecule has 3 aromatic rings. The van der Waals surface area contributed by atoms with E-state index < -0.39 is 35.1 Å². The first-order valence-corrected chi connectivity index (χ1v) is 13.7. The van der Waals surface area contributed by atoms with Crippen LogP contribution in [0.5, 0.6) is 11.5 Å². The molecule has 1 amide bonds. The van der Waals surface area contributed by atoms with Crippen LogP contribution < -0.4 is 14.5 Å². The Balaban J connectivity index is 1.64. The summed E-state index contributed by atoms with van der Waals surface area (Å²) in [5, 5.41) is 0. The molecule has 0 bridgehead atoms. The molecule has 1 atom stereocenters. The summed E-state index contributed by atoms with van der Waals surface area (Å²) in [5.41, 5.74) is 1.42. The number of carbonyl (C=O) groups excluding carboxylic acids is 1. The van der Waals surface area contributed by atoms with E-state index in [9.17, 15) is 22.0 Å². The van der Waals surface area contributed by atoms with Crippen molar-refractivity contribution in [3.63, 3.8) is 0 Å². The second-order valence-electron chi connectivity index (χ2n) is 9.82. The molecular weight excluding hydrogens is 514 g/mol. The lowest BCUT2D eigenvalue weighted by Gasteiger charge is -2.41. The lowest BCUT2D eigenvalue weighted by Crippen LogP contribution is -2.58. The van der Waals surface area contributed by atoms with Crippen LogP contribution in [0.1, 0.15) is 20.8 Å². The summed E-state index contributed by atoms with van der Waals surface area (Å²) in [4.78, 5) is 21.0. The minimum atomic E-state index is -4.15. The number of nitrogens with zero attached hydrogens (tertiary/aromatic N) is 4. The standard InChI is InChI=1S/C27H28F2N4O4S/c1-17(2)33-18(3)26(34)31(4)23-12-11-22(30-25(23)33)21-14-20(38(35,36)32-15-27(28,29)16-32)10-13-24(21)37-19-8-6-5-7-9-19/h5-14,17-18H,15-16H2,1-4H3/t18-/m1/s1. The number of benzene rings is 2. The van der Waals surface area contributed by atoms with E-state index in [1.165, 1.54) is 18.2 Å². The maximum Gasteiger partial charge on any atom is 0.275 e. The number of alkyl halides is 2. The predicted molar refractivity (Wildman–Crippen MR) is 140 cm³/mol. The Hall–Kier alpha value is -3.57. The van der Waals surface area contributed by atoms with Gasteiger partial charge in [-0.15, -0.1) is 0 Å². The Morgan fingerprint density at radius 2 is 1.74 bits per heavy atom. The fourth-order valence-corrected chi connectivity index (χ4v) is 6.32. The fraction of sp³-hybridized carbons (Fsp3) is 0.333. The molecule has 200 valence electrons. The number of likely N-dealkylation sites (N-methyl/N-ethyl adjacent to an activating group) is 1. The molecule has 0 aliphatic carbocycles. The molecule has 0 spiro atoms. The number of amides is 1. The van der Waals surface area contributed by atoms with Gasteiger partial charge in [-0.05, 0) is 63.2 Å². The molecule has 3 heterocycles. The van der Waals surface area contributed by atoms with E-state index in [1.54, 1.807) is 36.2 Å². The first kappa shape index (κ1) is 26.1. The third kappa shape index (κ3) is 4.49. The van der Waals surface area contributed by atoms with Crippen LogP contribution in [0.15, 0.2) is 65.6 Å². The minimum absolute atomic E-state index is 0.0380. The molecule has 1 fully saturated rings. The van der Waals surface area contributed by atoms with E-state index in [2.05, 4.69) is 0 Å². The van der Waals surface area contributed by atoms with Gasteiger partial charge in [-0.3, -0.25) is 4.79 Å². The molecule has 5 rings (SSSR count). The Bertz CT molecular complexity index is 1490. The van der Waals surface area contributed by atoms with Crippen LogP contribution in [0.2, 0.25) is 0 Å². The summed E-state index contributed by atoms with van der Waals surface area (Å²) in [7, 11) is -2.46. The van der Waals surface area contributed by atoms with Crippen molar-refractivity contribution in [2.24, 2.45) is 0 Å². The molecule has 8 nitrogen and oxygen atoms in total. The van der Waals surface area contributed by atoms with Crippen molar-refractivity contribution in [3.8, 4) is 22.8 Å². The lowest BCUT2D eigenvalue weighted by atomic mass is 10.1. The highest BCUT2D eigenvalue weighted by Crippen LogP contribution is 2.41. The third-order valence-electron chi connectivity index (χ3n) is 6.77. The molecule has 0 radical (unpaired) electrons. The number of halogens is 2. The number of para-hydroxylation sites is 1. The number of anilines is 2. The highest BCUT2D eigenvalue weighted by Gasteiger charge is 2.50. The number of hydrogen-bond acceptors (Lipinski definition) is 6. The molecule has 38 heavy (non-hydrogen) atoms. The van der Waals surface area contributed by atoms with Gasteiger partial charge in [0.1, 0.15) is 17.5 Å². The number of pyridine rings is 1. The first-order chi connectivity index (χ1) is 17.9. The van der Waals surface area contributed by atoms with Crippen molar-refractivity contribution in [1.29, 1.82) is 0 Å². The summed E-state index contributed by atoms with van der Waals surface area (Å²) in [5.74, 6) is -1.64. The second-order valence-corrected chi connectivity index (χ2v) is 11.8. The molecule has 0 saturated carbocycles. The molecule has 0 N–H and O–H groups in total. The number of carbonyl (C=O) groups is 1. The molecule has 0 unspecified atom stereocenters. The van der Waals surface area contributed by atoms with Gasteiger partial charge in [-0.25, -0.2) is 22.2 Å². The van der Waals surface area contributed by atoms with Gasteiger partial charge in [0, 0.05) is 18.7 Å². The summed E-state index contributed by atoms with van der Waals surface area (Å²) in [6.45, 7) is 4.04. The number of rotatable bonds is 6. The van der Waals surface area contributed by atoms with Crippen molar-refractivity contribution >= 4 is 27.4 Å². The zero-order valence-corrected chi connectivity index (χ0v) is 22.2. The number of hydrogen-bond donors (Lipinski definition) is 0. The molecule has 2 aliphatic heterocycles. The van der Waals surface area contributed by atoms with Crippen molar-refractivity contribution < 1.29 is 26.7 Å². The Kier molecular flexibility index (Phi) is 6.39. The van der Waals surface area contributed by atoms with Crippen LogP contribution in [0.3, 0.4) is 0 Å². The van der Waals surface area contributed by atoms with Crippen LogP contribution in [0, 0.1) is 0 Å². The van der Waals surface area contributed by atoms with E-state index in [0.717, 1.165) is 4.31 Å². The van der Waals surface area contributed by atoms with Gasteiger partial charge in [0.25, 0.3) is 5.92 Å². The zero-order chi connectivity index (χ0) is 27.4. The van der Waals surface area contributed by atoms with Crippen molar-refractivity contribution in [1.82, 2.24) is 9.29 Å². The maximum atomic E-state index is 13.5. The molecular formula is C27H28F2N4O4S. The number of ether oxygens (including phenoxy) is 1. The molecule has 1 aromatic heterocycles. The van der Waals surface area contributed by atoms with E-state index in [1.807, 2.05) is 43.9 Å². The smallest absolute Gasteiger partial charge is 0.275 e. The summed E-state index contributed by atoms with van der Waals surface area (Å²) in [6, 6.07) is 16.2. The maximum absolute atomic E-state index is 13.5. The monoisotopic (exact) mass is 542 g/mol. The second kappa shape index (κ2) is 9.32. The van der Waals surface area contributed by atoms with Crippen molar-refractivity contribution in [3.05, 3.63) is 60.7 Å². The summed E-state index contributed by atoms with van der Waals surface area (Å²) >= 11 is 0. The SMILES string of the molecule is CC(C)N1c2nc(-c3cc(S(=O)(=O)N4CC(F)(F)C4)ccc3Oc3ccccc3)ccc2N(C)C(=O)[C@H]1C. The van der Waals surface area contributed by atoms with Crippen LogP contribution in [-0.2, 0) is 14.8 Å².